The minimum absolute atomic E-state index is 0.702. The van der Waals surface area contributed by atoms with Gasteiger partial charge in [-0.2, -0.15) is 0 Å². The first-order valence-electron chi connectivity index (χ1n) is 5.69. The van der Waals surface area contributed by atoms with E-state index in [1.165, 1.54) is 12.7 Å². The minimum Gasteiger partial charge on any atom is -0.441 e. The van der Waals surface area contributed by atoms with Gasteiger partial charge in [0.2, 0.25) is 0 Å². The lowest BCUT2D eigenvalue weighted by atomic mass is 10.2. The van der Waals surface area contributed by atoms with Crippen molar-refractivity contribution in [1.29, 1.82) is 0 Å². The summed E-state index contributed by atoms with van der Waals surface area (Å²) in [7, 11) is 0. The predicted octanol–water partition coefficient (Wildman–Crippen LogP) is 0.735. The summed E-state index contributed by atoms with van der Waals surface area (Å²) in [6, 6.07) is 1.78. The summed E-state index contributed by atoms with van der Waals surface area (Å²) < 4.78 is 10.2. The number of aromatic nitrogens is 2. The Kier molecular flexibility index (Phi) is 2.89. The van der Waals surface area contributed by atoms with Crippen molar-refractivity contribution in [3.05, 3.63) is 24.4 Å². The van der Waals surface area contributed by atoms with Crippen LogP contribution in [-0.2, 0) is 6.54 Å². The molecule has 1 aliphatic rings. The molecule has 1 saturated heterocycles. The fourth-order valence-electron chi connectivity index (χ4n) is 2.00. The van der Waals surface area contributed by atoms with E-state index in [0.717, 1.165) is 38.4 Å². The van der Waals surface area contributed by atoms with E-state index < -0.39 is 0 Å². The Balaban J connectivity index is 1.77. The molecular formula is C11H14N4O2. The molecule has 0 atom stereocenters. The van der Waals surface area contributed by atoms with Crippen LogP contribution in [0.25, 0.3) is 11.5 Å². The summed E-state index contributed by atoms with van der Waals surface area (Å²) >= 11 is 0. The van der Waals surface area contributed by atoms with Crippen LogP contribution in [-0.4, -0.2) is 41.2 Å². The summed E-state index contributed by atoms with van der Waals surface area (Å²) in [5, 5.41) is 7.20. The van der Waals surface area contributed by atoms with Crippen molar-refractivity contribution >= 4 is 0 Å². The fraction of sp³-hybridized carbons (Fsp3) is 0.455. The summed E-state index contributed by atoms with van der Waals surface area (Å²) in [4.78, 5) is 6.60. The van der Waals surface area contributed by atoms with Gasteiger partial charge in [0.25, 0.3) is 0 Å². The van der Waals surface area contributed by atoms with Crippen molar-refractivity contribution in [2.75, 3.05) is 26.2 Å². The molecule has 0 saturated carbocycles. The van der Waals surface area contributed by atoms with Gasteiger partial charge in [-0.1, -0.05) is 5.16 Å². The van der Waals surface area contributed by atoms with E-state index in [-0.39, 0.29) is 0 Å². The molecule has 0 spiro atoms. The quantitative estimate of drug-likeness (QED) is 0.844. The van der Waals surface area contributed by atoms with Gasteiger partial charge in [-0.3, -0.25) is 4.90 Å². The van der Waals surface area contributed by atoms with E-state index in [2.05, 4.69) is 20.4 Å². The van der Waals surface area contributed by atoms with Crippen LogP contribution in [0.4, 0.5) is 0 Å². The second kappa shape index (κ2) is 4.68. The van der Waals surface area contributed by atoms with Gasteiger partial charge in [0.1, 0.15) is 12.0 Å². The lowest BCUT2D eigenvalue weighted by molar-refractivity contribution is 0.231. The SMILES string of the molecule is c1cc(-c2ocnc2CN2CCNCC2)no1. The Morgan fingerprint density at radius 2 is 2.24 bits per heavy atom. The molecule has 17 heavy (non-hydrogen) atoms. The van der Waals surface area contributed by atoms with E-state index in [9.17, 15) is 0 Å². The van der Waals surface area contributed by atoms with Crippen LogP contribution in [0.5, 0.6) is 0 Å². The van der Waals surface area contributed by atoms with E-state index in [0.29, 0.717) is 11.5 Å². The molecule has 6 nitrogen and oxygen atoms in total. The Labute approximate surface area is 98.6 Å². The second-order valence-corrected chi connectivity index (χ2v) is 4.04. The highest BCUT2D eigenvalue weighted by molar-refractivity contribution is 5.53. The number of nitrogens with one attached hydrogen (secondary N) is 1. The Morgan fingerprint density at radius 1 is 1.35 bits per heavy atom. The lowest BCUT2D eigenvalue weighted by Gasteiger charge is -2.26. The Morgan fingerprint density at radius 3 is 3.00 bits per heavy atom. The van der Waals surface area contributed by atoms with Gasteiger partial charge >= 0.3 is 0 Å². The van der Waals surface area contributed by atoms with Crippen LogP contribution >= 0.6 is 0 Å². The highest BCUT2D eigenvalue weighted by atomic mass is 16.5. The molecule has 0 aromatic carbocycles. The van der Waals surface area contributed by atoms with Crippen molar-refractivity contribution in [3.8, 4) is 11.5 Å². The molecule has 3 heterocycles. The molecule has 6 heteroatoms. The minimum atomic E-state index is 0.702. The predicted molar refractivity (Wildman–Crippen MR) is 60.1 cm³/mol. The number of piperazine rings is 1. The molecule has 2 aromatic rings. The maximum Gasteiger partial charge on any atom is 0.181 e. The molecule has 3 rings (SSSR count). The van der Waals surface area contributed by atoms with Crippen LogP contribution in [0.3, 0.4) is 0 Å². The van der Waals surface area contributed by atoms with Crippen LogP contribution < -0.4 is 5.32 Å². The van der Waals surface area contributed by atoms with Crippen LogP contribution in [0.15, 0.2) is 27.7 Å². The van der Waals surface area contributed by atoms with Crippen LogP contribution in [0.2, 0.25) is 0 Å². The van der Waals surface area contributed by atoms with Gasteiger partial charge in [0.05, 0.1) is 0 Å². The van der Waals surface area contributed by atoms with Gasteiger partial charge in [-0.15, -0.1) is 0 Å². The molecule has 0 amide bonds. The fourth-order valence-corrected chi connectivity index (χ4v) is 2.00. The summed E-state index contributed by atoms with van der Waals surface area (Å²) in [6.07, 6.45) is 2.99. The average Bonchev–Trinajstić information content (AvgIpc) is 3.00. The molecule has 2 aromatic heterocycles. The third-order valence-corrected chi connectivity index (χ3v) is 2.89. The van der Waals surface area contributed by atoms with Crippen LogP contribution in [0, 0.1) is 0 Å². The molecule has 0 aliphatic carbocycles. The van der Waals surface area contributed by atoms with E-state index in [4.69, 9.17) is 8.94 Å². The van der Waals surface area contributed by atoms with Gasteiger partial charge in [-0.25, -0.2) is 4.98 Å². The first-order chi connectivity index (χ1) is 8.43. The van der Waals surface area contributed by atoms with Crippen molar-refractivity contribution in [2.45, 2.75) is 6.54 Å². The third kappa shape index (κ3) is 2.22. The molecule has 1 fully saturated rings. The number of nitrogens with zero attached hydrogens (tertiary/aromatic N) is 3. The molecule has 0 radical (unpaired) electrons. The molecule has 1 N–H and O–H groups in total. The van der Waals surface area contributed by atoms with Gasteiger partial charge in [0, 0.05) is 38.8 Å². The zero-order valence-corrected chi connectivity index (χ0v) is 9.43. The van der Waals surface area contributed by atoms with Gasteiger partial charge in [0.15, 0.2) is 17.8 Å². The van der Waals surface area contributed by atoms with Gasteiger partial charge in [-0.05, 0) is 0 Å². The van der Waals surface area contributed by atoms with Crippen LogP contribution in [0.1, 0.15) is 5.69 Å². The molecular weight excluding hydrogens is 220 g/mol. The third-order valence-electron chi connectivity index (χ3n) is 2.89. The zero-order chi connectivity index (χ0) is 11.5. The number of hydrogen-bond donors (Lipinski definition) is 1. The lowest BCUT2D eigenvalue weighted by Crippen LogP contribution is -2.43. The Bertz CT molecular complexity index is 460. The maximum atomic E-state index is 5.37. The number of rotatable bonds is 3. The van der Waals surface area contributed by atoms with E-state index in [1.807, 2.05) is 0 Å². The largest absolute Gasteiger partial charge is 0.441 e. The second-order valence-electron chi connectivity index (χ2n) is 4.04. The normalized spacial score (nSPS) is 17.4. The summed E-state index contributed by atoms with van der Waals surface area (Å²) in [6.45, 7) is 4.91. The summed E-state index contributed by atoms with van der Waals surface area (Å²) in [5.41, 5.74) is 1.62. The first kappa shape index (κ1) is 10.5. The number of hydrogen-bond acceptors (Lipinski definition) is 6. The van der Waals surface area contributed by atoms with Crippen molar-refractivity contribution < 1.29 is 8.94 Å². The van der Waals surface area contributed by atoms with Crippen molar-refractivity contribution in [3.63, 3.8) is 0 Å². The maximum absolute atomic E-state index is 5.37. The van der Waals surface area contributed by atoms with Crippen molar-refractivity contribution in [2.24, 2.45) is 0 Å². The van der Waals surface area contributed by atoms with Crippen molar-refractivity contribution in [1.82, 2.24) is 20.4 Å². The number of oxazole rings is 1. The molecule has 0 bridgehead atoms. The molecule has 90 valence electrons. The standard InChI is InChI=1S/C11H14N4O2/c1-6-17-14-9(1)11-10(13-8-16-11)7-15-4-2-12-3-5-15/h1,6,8,12H,2-5,7H2. The van der Waals surface area contributed by atoms with Gasteiger partial charge < -0.3 is 14.3 Å². The highest BCUT2D eigenvalue weighted by Gasteiger charge is 2.17. The zero-order valence-electron chi connectivity index (χ0n) is 9.43. The smallest absolute Gasteiger partial charge is 0.181 e. The monoisotopic (exact) mass is 234 g/mol. The van der Waals surface area contributed by atoms with E-state index >= 15 is 0 Å². The molecule has 1 aliphatic heterocycles. The highest BCUT2D eigenvalue weighted by Crippen LogP contribution is 2.22. The summed E-state index contributed by atoms with van der Waals surface area (Å²) in [5.74, 6) is 0.706. The topological polar surface area (TPSA) is 67.3 Å². The Hall–Kier alpha value is -1.66. The first-order valence-corrected chi connectivity index (χ1v) is 5.69. The average molecular weight is 234 g/mol. The molecule has 0 unspecified atom stereocenters. The van der Waals surface area contributed by atoms with E-state index in [1.54, 1.807) is 6.07 Å².